The summed E-state index contributed by atoms with van der Waals surface area (Å²) < 4.78 is 68.3. The number of alkyl halides is 3. The highest BCUT2D eigenvalue weighted by Gasteiger charge is 2.39. The van der Waals surface area contributed by atoms with Crippen LogP contribution in [-0.2, 0) is 16.6 Å². The van der Waals surface area contributed by atoms with Gasteiger partial charge in [0.2, 0.25) is 10.0 Å². The quantitative estimate of drug-likeness (QED) is 0.870. The Kier molecular flexibility index (Phi) is 5.46. The Balaban J connectivity index is 3.23. The number of furan rings is 1. The van der Waals surface area contributed by atoms with Gasteiger partial charge in [0, 0.05) is 12.1 Å². The van der Waals surface area contributed by atoms with Crippen LogP contribution >= 0.6 is 0 Å². The number of rotatable bonds is 6. The Morgan fingerprint density at radius 2 is 1.95 bits per heavy atom. The number of aryl methyl sites for hydroxylation is 1. The Bertz CT molecular complexity index is 579. The minimum atomic E-state index is -4.61. The molecule has 122 valence electrons. The predicted octanol–water partition coefficient (Wildman–Crippen LogP) is 2.27. The van der Waals surface area contributed by atoms with E-state index in [0.29, 0.717) is 10.1 Å². The molecule has 1 aromatic rings. The van der Waals surface area contributed by atoms with E-state index < -0.39 is 28.8 Å². The van der Waals surface area contributed by atoms with Gasteiger partial charge in [-0.15, -0.1) is 0 Å². The molecule has 0 unspecified atom stereocenters. The Morgan fingerprint density at radius 3 is 2.38 bits per heavy atom. The number of nitrogens with one attached hydrogen (secondary N) is 1. The minimum Gasteiger partial charge on any atom is -0.464 e. The second-order valence-electron chi connectivity index (χ2n) is 4.92. The van der Waals surface area contributed by atoms with Gasteiger partial charge in [-0.2, -0.15) is 17.5 Å². The van der Waals surface area contributed by atoms with Crippen molar-refractivity contribution in [1.29, 1.82) is 0 Å². The molecule has 21 heavy (non-hydrogen) atoms. The highest BCUT2D eigenvalue weighted by atomic mass is 32.2. The summed E-state index contributed by atoms with van der Waals surface area (Å²) in [7, 11) is -2.62. The van der Waals surface area contributed by atoms with Crippen molar-refractivity contribution in [3.05, 3.63) is 17.6 Å². The summed E-state index contributed by atoms with van der Waals surface area (Å²) in [6, 6.07) is 0.436. The molecule has 0 aliphatic heterocycles. The maximum absolute atomic E-state index is 12.6. The molecule has 0 aliphatic rings. The van der Waals surface area contributed by atoms with E-state index in [1.54, 1.807) is 7.05 Å². The topological polar surface area (TPSA) is 62.6 Å². The first kappa shape index (κ1) is 18.0. The van der Waals surface area contributed by atoms with Crippen LogP contribution in [0.1, 0.15) is 25.4 Å². The normalized spacial score (nSPS) is 13.4. The Labute approximate surface area is 122 Å². The van der Waals surface area contributed by atoms with Gasteiger partial charge in [-0.3, -0.25) is 0 Å². The third kappa shape index (κ3) is 4.45. The first-order valence-electron chi connectivity index (χ1n) is 6.31. The predicted molar refractivity (Wildman–Crippen MR) is 71.3 cm³/mol. The molecule has 1 rings (SSSR count). The van der Waals surface area contributed by atoms with Crippen molar-refractivity contribution in [3.8, 4) is 0 Å². The Morgan fingerprint density at radius 1 is 1.38 bits per heavy atom. The average Bonchev–Trinajstić information content (AvgIpc) is 2.67. The van der Waals surface area contributed by atoms with Crippen molar-refractivity contribution in [2.24, 2.45) is 0 Å². The lowest BCUT2D eigenvalue weighted by Gasteiger charge is -2.26. The van der Waals surface area contributed by atoms with Crippen LogP contribution < -0.4 is 5.32 Å². The SMILES string of the molecule is CNCc1cc(S(=O)(=O)N(CC(F)(F)F)C(C)C)c(C)o1. The smallest absolute Gasteiger partial charge is 0.402 e. The molecule has 0 bridgehead atoms. The van der Waals surface area contributed by atoms with Crippen molar-refractivity contribution >= 4 is 10.0 Å². The van der Waals surface area contributed by atoms with Gasteiger partial charge in [0.05, 0.1) is 6.54 Å². The van der Waals surface area contributed by atoms with E-state index in [1.165, 1.54) is 26.8 Å². The van der Waals surface area contributed by atoms with Crippen LogP contribution in [0.2, 0.25) is 0 Å². The summed E-state index contributed by atoms with van der Waals surface area (Å²) in [5, 5.41) is 2.78. The first-order chi connectivity index (χ1) is 9.49. The number of sulfonamides is 1. The number of nitrogens with zero attached hydrogens (tertiary/aromatic N) is 1. The number of hydrogen-bond acceptors (Lipinski definition) is 4. The summed E-state index contributed by atoms with van der Waals surface area (Å²) >= 11 is 0. The van der Waals surface area contributed by atoms with Gasteiger partial charge in [0.15, 0.2) is 0 Å². The second-order valence-corrected chi connectivity index (χ2v) is 6.78. The fourth-order valence-corrected chi connectivity index (χ4v) is 3.70. The second kappa shape index (κ2) is 6.37. The van der Waals surface area contributed by atoms with E-state index in [9.17, 15) is 21.6 Å². The fraction of sp³-hybridized carbons (Fsp3) is 0.667. The van der Waals surface area contributed by atoms with Gasteiger partial charge < -0.3 is 9.73 Å². The first-order valence-corrected chi connectivity index (χ1v) is 7.75. The molecule has 0 spiro atoms. The lowest BCUT2D eigenvalue weighted by Crippen LogP contribution is -2.43. The monoisotopic (exact) mass is 328 g/mol. The standard InChI is InChI=1S/C12H19F3N2O3S/c1-8(2)17(7-12(13,14)15)21(18,19)11-5-10(6-16-4)20-9(11)3/h5,8,16H,6-7H2,1-4H3. The molecule has 1 heterocycles. The molecule has 1 N–H and O–H groups in total. The average molecular weight is 328 g/mol. The molecule has 0 atom stereocenters. The molecule has 9 heteroatoms. The van der Waals surface area contributed by atoms with Crippen molar-refractivity contribution in [2.45, 2.75) is 44.4 Å². The van der Waals surface area contributed by atoms with Gasteiger partial charge in [0.25, 0.3) is 0 Å². The van der Waals surface area contributed by atoms with Crippen LogP contribution in [0.5, 0.6) is 0 Å². The summed E-state index contributed by atoms with van der Waals surface area (Å²) in [5.74, 6) is 0.428. The van der Waals surface area contributed by atoms with E-state index in [4.69, 9.17) is 4.42 Å². The van der Waals surface area contributed by atoms with Crippen LogP contribution in [0.4, 0.5) is 13.2 Å². The molecular formula is C12H19F3N2O3S. The fourth-order valence-electron chi connectivity index (χ4n) is 1.89. The van der Waals surface area contributed by atoms with Gasteiger partial charge in [0.1, 0.15) is 23.0 Å². The van der Waals surface area contributed by atoms with Crippen molar-refractivity contribution < 1.29 is 26.0 Å². The molecule has 5 nitrogen and oxygen atoms in total. The zero-order chi connectivity index (χ0) is 16.4. The van der Waals surface area contributed by atoms with Gasteiger partial charge >= 0.3 is 6.18 Å². The summed E-state index contributed by atoms with van der Waals surface area (Å²) in [5.41, 5.74) is 0. The van der Waals surface area contributed by atoms with Crippen molar-refractivity contribution in [3.63, 3.8) is 0 Å². The number of hydrogen-bond donors (Lipinski definition) is 1. The van der Waals surface area contributed by atoms with Crippen LogP contribution in [0.25, 0.3) is 0 Å². The van der Waals surface area contributed by atoms with Crippen molar-refractivity contribution in [2.75, 3.05) is 13.6 Å². The van der Waals surface area contributed by atoms with E-state index in [0.717, 1.165) is 0 Å². The van der Waals surface area contributed by atoms with Crippen LogP contribution in [0, 0.1) is 6.92 Å². The molecule has 0 aliphatic carbocycles. The maximum atomic E-state index is 12.6. The van der Waals surface area contributed by atoms with E-state index >= 15 is 0 Å². The van der Waals surface area contributed by atoms with Crippen molar-refractivity contribution in [1.82, 2.24) is 9.62 Å². The van der Waals surface area contributed by atoms with E-state index in [1.807, 2.05) is 0 Å². The van der Waals surface area contributed by atoms with E-state index in [-0.39, 0.29) is 17.2 Å². The lowest BCUT2D eigenvalue weighted by atomic mass is 10.4. The molecule has 0 saturated carbocycles. The maximum Gasteiger partial charge on any atom is 0.402 e. The zero-order valence-electron chi connectivity index (χ0n) is 12.3. The highest BCUT2D eigenvalue weighted by Crippen LogP contribution is 2.28. The summed E-state index contributed by atoms with van der Waals surface area (Å²) in [6.45, 7) is 2.97. The molecule has 0 amide bonds. The lowest BCUT2D eigenvalue weighted by molar-refractivity contribution is -0.138. The van der Waals surface area contributed by atoms with Gasteiger partial charge in [-0.25, -0.2) is 8.42 Å². The third-order valence-corrected chi connectivity index (χ3v) is 4.90. The molecule has 0 aromatic carbocycles. The molecule has 0 radical (unpaired) electrons. The third-order valence-electron chi connectivity index (χ3n) is 2.77. The zero-order valence-corrected chi connectivity index (χ0v) is 13.1. The van der Waals surface area contributed by atoms with Crippen LogP contribution in [0.3, 0.4) is 0 Å². The summed E-state index contributed by atoms with van der Waals surface area (Å²) in [4.78, 5) is -0.231. The number of halogens is 3. The molecule has 0 saturated heterocycles. The van der Waals surface area contributed by atoms with Gasteiger partial charge in [-0.05, 0) is 27.8 Å². The van der Waals surface area contributed by atoms with Crippen LogP contribution in [0.15, 0.2) is 15.4 Å². The summed E-state index contributed by atoms with van der Waals surface area (Å²) in [6.07, 6.45) is -4.61. The van der Waals surface area contributed by atoms with Gasteiger partial charge in [-0.1, -0.05) is 0 Å². The largest absolute Gasteiger partial charge is 0.464 e. The van der Waals surface area contributed by atoms with Crippen LogP contribution in [-0.4, -0.2) is 38.5 Å². The minimum absolute atomic E-state index is 0.0769. The molecule has 0 fully saturated rings. The Hall–Kier alpha value is -1.06. The molecule has 1 aromatic heterocycles. The van der Waals surface area contributed by atoms with E-state index in [2.05, 4.69) is 5.32 Å². The highest BCUT2D eigenvalue weighted by molar-refractivity contribution is 7.89. The molecular weight excluding hydrogens is 309 g/mol.